The van der Waals surface area contributed by atoms with Gasteiger partial charge < -0.3 is 15.4 Å². The van der Waals surface area contributed by atoms with Crippen molar-refractivity contribution in [3.05, 3.63) is 29.8 Å². The van der Waals surface area contributed by atoms with Gasteiger partial charge in [0.15, 0.2) is 0 Å². The van der Waals surface area contributed by atoms with Gasteiger partial charge >= 0.3 is 0 Å². The van der Waals surface area contributed by atoms with Crippen molar-refractivity contribution in [3.63, 3.8) is 0 Å². The average Bonchev–Trinajstić information content (AvgIpc) is 3.29. The molecule has 0 heterocycles. The van der Waals surface area contributed by atoms with E-state index in [-0.39, 0.29) is 11.9 Å². The SMILES string of the molecule is CCCC(N)C(=O)N(Cc1ccc(OC)cc1)C1CC1. The summed E-state index contributed by atoms with van der Waals surface area (Å²) in [4.78, 5) is 14.4. The fraction of sp³-hybridized carbons (Fsp3) is 0.562. The first-order valence-corrected chi connectivity index (χ1v) is 7.34. The van der Waals surface area contributed by atoms with Crippen LogP contribution < -0.4 is 10.5 Å². The fourth-order valence-electron chi connectivity index (χ4n) is 2.35. The van der Waals surface area contributed by atoms with Gasteiger partial charge in [0.25, 0.3) is 0 Å². The molecule has 1 aliphatic carbocycles. The summed E-state index contributed by atoms with van der Waals surface area (Å²) in [6.45, 7) is 2.70. The van der Waals surface area contributed by atoms with Crippen LogP contribution in [0.5, 0.6) is 5.75 Å². The smallest absolute Gasteiger partial charge is 0.240 e. The number of rotatable bonds is 7. The Morgan fingerprint density at radius 2 is 2.05 bits per heavy atom. The Morgan fingerprint density at radius 1 is 1.40 bits per heavy atom. The van der Waals surface area contributed by atoms with E-state index in [1.165, 1.54) is 0 Å². The minimum Gasteiger partial charge on any atom is -0.497 e. The number of carbonyl (C=O) groups is 1. The zero-order valence-corrected chi connectivity index (χ0v) is 12.3. The summed E-state index contributed by atoms with van der Waals surface area (Å²) in [6.07, 6.45) is 3.89. The lowest BCUT2D eigenvalue weighted by molar-refractivity contribution is -0.134. The van der Waals surface area contributed by atoms with Crippen molar-refractivity contribution in [2.24, 2.45) is 5.73 Å². The zero-order valence-electron chi connectivity index (χ0n) is 12.3. The first-order chi connectivity index (χ1) is 9.65. The highest BCUT2D eigenvalue weighted by atomic mass is 16.5. The largest absolute Gasteiger partial charge is 0.497 e. The van der Waals surface area contributed by atoms with Crippen molar-refractivity contribution in [2.75, 3.05) is 7.11 Å². The van der Waals surface area contributed by atoms with E-state index in [1.54, 1.807) is 7.11 Å². The number of hydrogen-bond donors (Lipinski definition) is 1. The lowest BCUT2D eigenvalue weighted by Crippen LogP contribution is -2.44. The van der Waals surface area contributed by atoms with E-state index in [0.717, 1.165) is 37.0 Å². The number of methoxy groups -OCH3 is 1. The summed E-state index contributed by atoms with van der Waals surface area (Å²) in [5.41, 5.74) is 7.10. The number of benzene rings is 1. The summed E-state index contributed by atoms with van der Waals surface area (Å²) in [5.74, 6) is 0.922. The molecule has 0 bridgehead atoms. The molecule has 0 aliphatic heterocycles. The summed E-state index contributed by atoms with van der Waals surface area (Å²) < 4.78 is 5.15. The molecule has 0 spiro atoms. The van der Waals surface area contributed by atoms with Gasteiger partial charge in [0.2, 0.25) is 5.91 Å². The second-order valence-electron chi connectivity index (χ2n) is 5.44. The first kappa shape index (κ1) is 14.9. The number of nitrogens with two attached hydrogens (primary N) is 1. The van der Waals surface area contributed by atoms with E-state index in [1.807, 2.05) is 29.2 Å². The first-order valence-electron chi connectivity index (χ1n) is 7.34. The van der Waals surface area contributed by atoms with Crippen LogP contribution >= 0.6 is 0 Å². The molecular formula is C16H24N2O2. The molecule has 1 aliphatic rings. The molecule has 0 aromatic heterocycles. The van der Waals surface area contributed by atoms with Crippen molar-refractivity contribution in [1.29, 1.82) is 0 Å². The Balaban J connectivity index is 2.03. The molecule has 2 N–H and O–H groups in total. The van der Waals surface area contributed by atoms with E-state index >= 15 is 0 Å². The van der Waals surface area contributed by atoms with Gasteiger partial charge in [-0.2, -0.15) is 0 Å². The Morgan fingerprint density at radius 3 is 2.55 bits per heavy atom. The van der Waals surface area contributed by atoms with E-state index < -0.39 is 0 Å². The molecule has 2 rings (SSSR count). The molecule has 1 aromatic rings. The molecular weight excluding hydrogens is 252 g/mol. The maximum absolute atomic E-state index is 12.4. The van der Waals surface area contributed by atoms with Crippen molar-refractivity contribution in [3.8, 4) is 5.75 Å². The minimum absolute atomic E-state index is 0.0881. The fourth-order valence-corrected chi connectivity index (χ4v) is 2.35. The Hall–Kier alpha value is -1.55. The molecule has 4 nitrogen and oxygen atoms in total. The number of hydrogen-bond acceptors (Lipinski definition) is 3. The second-order valence-corrected chi connectivity index (χ2v) is 5.44. The van der Waals surface area contributed by atoms with Crippen LogP contribution in [-0.2, 0) is 11.3 Å². The number of nitrogens with zero attached hydrogens (tertiary/aromatic N) is 1. The van der Waals surface area contributed by atoms with Crippen LogP contribution in [0.1, 0.15) is 38.2 Å². The maximum Gasteiger partial charge on any atom is 0.240 e. The van der Waals surface area contributed by atoms with E-state index in [9.17, 15) is 4.79 Å². The van der Waals surface area contributed by atoms with Gasteiger partial charge in [0.05, 0.1) is 13.2 Å². The molecule has 1 saturated carbocycles. The Bertz CT molecular complexity index is 440. The van der Waals surface area contributed by atoms with Gasteiger partial charge in [-0.3, -0.25) is 4.79 Å². The summed E-state index contributed by atoms with van der Waals surface area (Å²) in [7, 11) is 1.65. The molecule has 1 atom stereocenters. The Labute approximate surface area is 120 Å². The van der Waals surface area contributed by atoms with E-state index in [2.05, 4.69) is 6.92 Å². The van der Waals surface area contributed by atoms with Crippen LogP contribution in [-0.4, -0.2) is 30.0 Å². The molecule has 1 unspecified atom stereocenters. The lowest BCUT2D eigenvalue weighted by atomic mass is 10.1. The van der Waals surface area contributed by atoms with Crippen LogP contribution in [0.15, 0.2) is 24.3 Å². The number of ether oxygens (including phenoxy) is 1. The zero-order chi connectivity index (χ0) is 14.5. The van der Waals surface area contributed by atoms with Gasteiger partial charge in [0.1, 0.15) is 5.75 Å². The topological polar surface area (TPSA) is 55.6 Å². The summed E-state index contributed by atoms with van der Waals surface area (Å²) in [6, 6.07) is 7.89. The van der Waals surface area contributed by atoms with Gasteiger partial charge in [0, 0.05) is 12.6 Å². The number of amides is 1. The normalized spacial score (nSPS) is 15.8. The van der Waals surface area contributed by atoms with Crippen LogP contribution in [0.4, 0.5) is 0 Å². The van der Waals surface area contributed by atoms with Gasteiger partial charge in [-0.1, -0.05) is 25.5 Å². The minimum atomic E-state index is -0.362. The Kier molecular flexibility index (Phi) is 5.01. The predicted octanol–water partition coefficient (Wildman–Crippen LogP) is 2.31. The van der Waals surface area contributed by atoms with Crippen molar-refractivity contribution in [1.82, 2.24) is 4.90 Å². The standard InChI is InChI=1S/C16H24N2O2/c1-3-4-15(17)16(19)18(13-7-8-13)11-12-5-9-14(20-2)10-6-12/h5-6,9-10,13,15H,3-4,7-8,11,17H2,1-2H3. The molecule has 4 heteroatoms. The third-order valence-electron chi connectivity index (χ3n) is 3.70. The van der Waals surface area contributed by atoms with Gasteiger partial charge in [-0.05, 0) is 37.0 Å². The third-order valence-corrected chi connectivity index (χ3v) is 3.70. The highest BCUT2D eigenvalue weighted by molar-refractivity contribution is 5.82. The van der Waals surface area contributed by atoms with Crippen LogP contribution in [0.2, 0.25) is 0 Å². The van der Waals surface area contributed by atoms with Crippen molar-refractivity contribution < 1.29 is 9.53 Å². The highest BCUT2D eigenvalue weighted by Crippen LogP contribution is 2.29. The van der Waals surface area contributed by atoms with E-state index in [4.69, 9.17) is 10.5 Å². The molecule has 20 heavy (non-hydrogen) atoms. The summed E-state index contributed by atoms with van der Waals surface area (Å²) in [5, 5.41) is 0. The molecule has 1 amide bonds. The van der Waals surface area contributed by atoms with Crippen molar-refractivity contribution in [2.45, 2.75) is 51.2 Å². The highest BCUT2D eigenvalue weighted by Gasteiger charge is 2.34. The van der Waals surface area contributed by atoms with Crippen LogP contribution in [0.3, 0.4) is 0 Å². The monoisotopic (exact) mass is 276 g/mol. The molecule has 0 saturated heterocycles. The molecule has 110 valence electrons. The average molecular weight is 276 g/mol. The second kappa shape index (κ2) is 6.75. The predicted molar refractivity (Wildman–Crippen MR) is 79.4 cm³/mol. The molecule has 1 fully saturated rings. The maximum atomic E-state index is 12.4. The van der Waals surface area contributed by atoms with Crippen molar-refractivity contribution >= 4 is 5.91 Å². The van der Waals surface area contributed by atoms with Gasteiger partial charge in [-0.15, -0.1) is 0 Å². The number of carbonyl (C=O) groups excluding carboxylic acids is 1. The molecule has 1 aromatic carbocycles. The summed E-state index contributed by atoms with van der Waals surface area (Å²) >= 11 is 0. The lowest BCUT2D eigenvalue weighted by Gasteiger charge is -2.25. The molecule has 0 radical (unpaired) electrons. The van der Waals surface area contributed by atoms with E-state index in [0.29, 0.717) is 12.6 Å². The quantitative estimate of drug-likeness (QED) is 0.831. The third kappa shape index (κ3) is 3.73. The van der Waals surface area contributed by atoms with Gasteiger partial charge in [-0.25, -0.2) is 0 Å². The van der Waals surface area contributed by atoms with Crippen LogP contribution in [0.25, 0.3) is 0 Å². The van der Waals surface area contributed by atoms with Crippen LogP contribution in [0, 0.1) is 0 Å².